The van der Waals surface area contributed by atoms with E-state index in [1.54, 1.807) is 24.3 Å². The van der Waals surface area contributed by atoms with E-state index in [2.05, 4.69) is 4.98 Å². The Hall–Kier alpha value is -2.54. The van der Waals surface area contributed by atoms with Crippen molar-refractivity contribution in [3.63, 3.8) is 0 Å². The third kappa shape index (κ3) is 3.76. The summed E-state index contributed by atoms with van der Waals surface area (Å²) in [4.78, 5) is 18.2. The van der Waals surface area contributed by atoms with Crippen LogP contribution >= 0.6 is 11.3 Å². The molecular weight excluding hydrogens is 346 g/mol. The number of carbonyl (C=O) groups excluding carboxylic acids is 1. The molecule has 0 aliphatic carbocycles. The molecule has 0 aliphatic rings. The second-order valence-corrected chi connectivity index (χ2v) is 6.65. The van der Waals surface area contributed by atoms with E-state index in [0.717, 1.165) is 11.3 Å². The summed E-state index contributed by atoms with van der Waals surface area (Å²) in [5.41, 5.74) is 1.08. The molecule has 0 aliphatic heterocycles. The van der Waals surface area contributed by atoms with E-state index in [-0.39, 0.29) is 35.4 Å². The normalized spacial score (nSPS) is 11.1. The van der Waals surface area contributed by atoms with Crippen LogP contribution in [0, 0.1) is 11.6 Å². The van der Waals surface area contributed by atoms with Gasteiger partial charge in [-0.1, -0.05) is 17.4 Å². The van der Waals surface area contributed by atoms with Crippen LogP contribution in [-0.4, -0.2) is 23.5 Å². The number of benzene rings is 2. The van der Waals surface area contributed by atoms with Gasteiger partial charge in [0.1, 0.15) is 11.6 Å². The Bertz CT molecular complexity index is 894. The molecule has 0 fully saturated rings. The number of anilines is 1. The molecule has 0 spiro atoms. The molecule has 0 unspecified atom stereocenters. The van der Waals surface area contributed by atoms with Crippen LogP contribution in [0.1, 0.15) is 13.8 Å². The van der Waals surface area contributed by atoms with E-state index >= 15 is 0 Å². The molecule has 3 aromatic rings. The van der Waals surface area contributed by atoms with Gasteiger partial charge in [-0.05, 0) is 50.2 Å². The van der Waals surface area contributed by atoms with Crippen LogP contribution in [-0.2, 0) is 4.79 Å². The molecule has 0 saturated carbocycles. The van der Waals surface area contributed by atoms with Gasteiger partial charge in [0, 0.05) is 11.7 Å². The van der Waals surface area contributed by atoms with Crippen LogP contribution in [0.2, 0.25) is 0 Å². The highest BCUT2D eigenvalue weighted by Gasteiger charge is 2.20. The van der Waals surface area contributed by atoms with Crippen LogP contribution in [0.4, 0.5) is 14.5 Å². The number of fused-ring (bicyclic) bond motifs is 1. The van der Waals surface area contributed by atoms with E-state index in [0.29, 0.717) is 15.9 Å². The fraction of sp³-hybridized carbons (Fsp3) is 0.222. The molecule has 1 amide bonds. The van der Waals surface area contributed by atoms with Gasteiger partial charge in [0.15, 0.2) is 6.61 Å². The van der Waals surface area contributed by atoms with Crippen LogP contribution in [0.3, 0.4) is 0 Å². The van der Waals surface area contributed by atoms with Crippen molar-refractivity contribution in [1.82, 2.24) is 4.98 Å². The number of amides is 1. The molecule has 0 saturated heterocycles. The van der Waals surface area contributed by atoms with Crippen molar-refractivity contribution in [2.45, 2.75) is 19.9 Å². The standard InChI is InChI=1S/C18H16F2N2O2S/c1-11(2)22(13-8-6-12(19)7-9-13)16(23)10-24-18-21-15-5-3-4-14(20)17(15)25-18/h3-9,11H,10H2,1-2H3. The van der Waals surface area contributed by atoms with E-state index < -0.39 is 0 Å². The predicted molar refractivity (Wildman–Crippen MR) is 94.1 cm³/mol. The van der Waals surface area contributed by atoms with Gasteiger partial charge in [-0.3, -0.25) is 4.79 Å². The highest BCUT2D eigenvalue weighted by molar-refractivity contribution is 7.20. The molecule has 0 bridgehead atoms. The second-order valence-electron chi connectivity index (χ2n) is 5.69. The number of halogens is 2. The largest absolute Gasteiger partial charge is 0.460 e. The van der Waals surface area contributed by atoms with Crippen LogP contribution in [0.5, 0.6) is 5.19 Å². The number of ether oxygens (including phenoxy) is 1. The van der Waals surface area contributed by atoms with Gasteiger partial charge in [0.05, 0.1) is 10.2 Å². The summed E-state index contributed by atoms with van der Waals surface area (Å²) in [5, 5.41) is 0.233. The zero-order valence-electron chi connectivity index (χ0n) is 13.7. The first-order valence-electron chi connectivity index (χ1n) is 7.71. The molecule has 130 valence electrons. The van der Waals surface area contributed by atoms with Gasteiger partial charge in [0.2, 0.25) is 0 Å². The second kappa shape index (κ2) is 7.14. The van der Waals surface area contributed by atoms with E-state index in [1.807, 2.05) is 13.8 Å². The third-order valence-electron chi connectivity index (χ3n) is 3.56. The van der Waals surface area contributed by atoms with Gasteiger partial charge >= 0.3 is 0 Å². The maximum Gasteiger partial charge on any atom is 0.274 e. The zero-order valence-corrected chi connectivity index (χ0v) is 14.5. The first-order chi connectivity index (χ1) is 12.0. The molecule has 25 heavy (non-hydrogen) atoms. The molecule has 1 heterocycles. The maximum atomic E-state index is 13.7. The summed E-state index contributed by atoms with van der Waals surface area (Å²) in [6, 6.07) is 10.2. The number of hydrogen-bond donors (Lipinski definition) is 0. The first-order valence-corrected chi connectivity index (χ1v) is 8.53. The predicted octanol–water partition coefficient (Wildman–Crippen LogP) is 4.39. The molecule has 0 N–H and O–H groups in total. The molecule has 7 heteroatoms. The minimum atomic E-state index is -0.369. The van der Waals surface area contributed by atoms with Gasteiger partial charge in [0.25, 0.3) is 11.1 Å². The highest BCUT2D eigenvalue weighted by atomic mass is 32.1. The Balaban J connectivity index is 1.74. The van der Waals surface area contributed by atoms with Crippen molar-refractivity contribution in [3.8, 4) is 5.19 Å². The molecule has 3 rings (SSSR count). The van der Waals surface area contributed by atoms with E-state index in [4.69, 9.17) is 4.74 Å². The van der Waals surface area contributed by atoms with Crippen LogP contribution < -0.4 is 9.64 Å². The summed E-state index contributed by atoms with van der Waals surface area (Å²) >= 11 is 1.06. The van der Waals surface area contributed by atoms with Crippen molar-refractivity contribution in [2.75, 3.05) is 11.5 Å². The lowest BCUT2D eigenvalue weighted by atomic mass is 10.2. The lowest BCUT2D eigenvalue weighted by Crippen LogP contribution is -2.40. The third-order valence-corrected chi connectivity index (χ3v) is 4.55. The number of thiazole rings is 1. The summed E-state index contributed by atoms with van der Waals surface area (Å²) < 4.78 is 32.6. The minimum absolute atomic E-state index is 0.130. The molecule has 2 aromatic carbocycles. The van der Waals surface area contributed by atoms with E-state index in [9.17, 15) is 13.6 Å². The maximum absolute atomic E-state index is 13.7. The number of rotatable bonds is 5. The van der Waals surface area contributed by atoms with Crippen LogP contribution in [0.15, 0.2) is 42.5 Å². The number of nitrogens with zero attached hydrogens (tertiary/aromatic N) is 2. The Kier molecular flexibility index (Phi) is 4.94. The van der Waals surface area contributed by atoms with Crippen LogP contribution in [0.25, 0.3) is 10.2 Å². The summed E-state index contributed by atoms with van der Waals surface area (Å²) in [6.07, 6.45) is 0. The fourth-order valence-electron chi connectivity index (χ4n) is 2.48. The van der Waals surface area contributed by atoms with Crippen molar-refractivity contribution >= 4 is 33.1 Å². The monoisotopic (exact) mass is 362 g/mol. The molecule has 0 radical (unpaired) electrons. The Morgan fingerprint density at radius 1 is 1.20 bits per heavy atom. The Morgan fingerprint density at radius 2 is 1.92 bits per heavy atom. The lowest BCUT2D eigenvalue weighted by Gasteiger charge is -2.26. The summed E-state index contributed by atoms with van der Waals surface area (Å²) in [7, 11) is 0. The Labute approximate surface area is 147 Å². The average molecular weight is 362 g/mol. The fourth-order valence-corrected chi connectivity index (χ4v) is 3.30. The van der Waals surface area contributed by atoms with Gasteiger partial charge in [-0.15, -0.1) is 0 Å². The average Bonchev–Trinajstić information content (AvgIpc) is 2.99. The summed E-state index contributed by atoms with van der Waals surface area (Å²) in [5.74, 6) is -1.03. The molecule has 1 aromatic heterocycles. The topological polar surface area (TPSA) is 42.4 Å². The van der Waals surface area contributed by atoms with Crippen molar-refractivity contribution in [3.05, 3.63) is 54.1 Å². The number of hydrogen-bond acceptors (Lipinski definition) is 4. The zero-order chi connectivity index (χ0) is 18.0. The van der Waals surface area contributed by atoms with Gasteiger partial charge < -0.3 is 9.64 Å². The molecular formula is C18H16F2N2O2S. The van der Waals surface area contributed by atoms with Gasteiger partial charge in [-0.2, -0.15) is 0 Å². The first kappa shape index (κ1) is 17.3. The Morgan fingerprint density at radius 3 is 2.56 bits per heavy atom. The lowest BCUT2D eigenvalue weighted by molar-refractivity contribution is -0.120. The highest BCUT2D eigenvalue weighted by Crippen LogP contribution is 2.29. The van der Waals surface area contributed by atoms with E-state index in [1.165, 1.54) is 23.1 Å². The summed E-state index contributed by atoms with van der Waals surface area (Å²) in [6.45, 7) is 3.47. The molecule has 4 nitrogen and oxygen atoms in total. The number of aromatic nitrogens is 1. The quantitative estimate of drug-likeness (QED) is 0.676. The van der Waals surface area contributed by atoms with Crippen molar-refractivity contribution in [1.29, 1.82) is 0 Å². The van der Waals surface area contributed by atoms with Gasteiger partial charge in [-0.25, -0.2) is 13.8 Å². The van der Waals surface area contributed by atoms with Crippen molar-refractivity contribution < 1.29 is 18.3 Å². The SMILES string of the molecule is CC(C)N(C(=O)COc1nc2cccc(F)c2s1)c1ccc(F)cc1. The molecule has 0 atom stereocenters. The minimum Gasteiger partial charge on any atom is -0.460 e. The number of carbonyl (C=O) groups is 1. The van der Waals surface area contributed by atoms with Crippen molar-refractivity contribution in [2.24, 2.45) is 0 Å². The smallest absolute Gasteiger partial charge is 0.274 e.